The molecule has 0 aromatic rings. The Labute approximate surface area is 104 Å². The lowest BCUT2D eigenvalue weighted by Gasteiger charge is -1.87. The predicted octanol–water partition coefficient (Wildman–Crippen LogP) is 3.74. The second kappa shape index (κ2) is 12.2. The maximum atomic E-state index is 10.7. The van der Waals surface area contributed by atoms with Gasteiger partial charge in [0.1, 0.15) is 0 Å². The molecule has 0 rings (SSSR count). The fourth-order valence-electron chi connectivity index (χ4n) is 0.984. The van der Waals surface area contributed by atoms with Gasteiger partial charge in [0.15, 0.2) is 0 Å². The predicted molar refractivity (Wildman–Crippen MR) is 72.6 cm³/mol. The van der Waals surface area contributed by atoms with Crippen LogP contribution in [0.2, 0.25) is 0 Å². The van der Waals surface area contributed by atoms with Gasteiger partial charge in [-0.1, -0.05) is 54.7 Å². The molecule has 0 aromatic carbocycles. The van der Waals surface area contributed by atoms with Gasteiger partial charge in [-0.3, -0.25) is 0 Å². The Hall–Kier alpha value is -1.83. The summed E-state index contributed by atoms with van der Waals surface area (Å²) < 4.78 is 4.46. The molecule has 0 aliphatic carbocycles. The summed E-state index contributed by atoms with van der Waals surface area (Å²) in [6, 6.07) is 0. The second-order valence-corrected chi connectivity index (χ2v) is 3.23. The van der Waals surface area contributed by atoms with Gasteiger partial charge in [-0.25, -0.2) is 4.79 Å². The number of carbonyl (C=O) groups excluding carboxylic acids is 1. The molecule has 0 bridgehead atoms. The second-order valence-electron chi connectivity index (χ2n) is 3.23. The fraction of sp³-hybridized carbons (Fsp3) is 0.267. The first-order valence-corrected chi connectivity index (χ1v) is 5.67. The van der Waals surface area contributed by atoms with Crippen LogP contribution in [0.4, 0.5) is 0 Å². The Morgan fingerprint density at radius 1 is 0.941 bits per heavy atom. The molecular weight excluding hydrogens is 212 g/mol. The SMILES string of the molecule is C/C=C/C=C/C=C/CC/C=C/C=C/C(=O)OC. The van der Waals surface area contributed by atoms with E-state index in [1.165, 1.54) is 13.2 Å². The molecule has 0 aliphatic rings. The molecule has 92 valence electrons. The minimum Gasteiger partial charge on any atom is -0.466 e. The Kier molecular flexibility index (Phi) is 10.9. The molecule has 2 heteroatoms. The molecule has 0 aromatic heterocycles. The van der Waals surface area contributed by atoms with Crippen LogP contribution in [0, 0.1) is 0 Å². The Bertz CT molecular complexity index is 331. The van der Waals surface area contributed by atoms with Gasteiger partial charge in [-0.2, -0.15) is 0 Å². The summed E-state index contributed by atoms with van der Waals surface area (Å²) in [7, 11) is 1.36. The van der Waals surface area contributed by atoms with Gasteiger partial charge in [0.05, 0.1) is 7.11 Å². The van der Waals surface area contributed by atoms with Gasteiger partial charge in [-0.15, -0.1) is 0 Å². The molecule has 0 fully saturated rings. The maximum Gasteiger partial charge on any atom is 0.330 e. The molecular formula is C15H20O2. The number of unbranched alkanes of at least 4 members (excludes halogenated alkanes) is 1. The molecule has 0 aliphatic heterocycles. The number of methoxy groups -OCH3 is 1. The van der Waals surface area contributed by atoms with E-state index in [9.17, 15) is 4.79 Å². The van der Waals surface area contributed by atoms with Crippen LogP contribution in [0.25, 0.3) is 0 Å². The van der Waals surface area contributed by atoms with Crippen LogP contribution in [-0.2, 0) is 9.53 Å². The van der Waals surface area contributed by atoms with Crippen LogP contribution < -0.4 is 0 Å². The molecule has 0 saturated heterocycles. The third-order valence-corrected chi connectivity index (χ3v) is 1.84. The first kappa shape index (κ1) is 15.2. The molecule has 0 atom stereocenters. The average Bonchev–Trinajstić information content (AvgIpc) is 2.35. The van der Waals surface area contributed by atoms with E-state index in [4.69, 9.17) is 0 Å². The lowest BCUT2D eigenvalue weighted by molar-refractivity contribution is -0.134. The van der Waals surface area contributed by atoms with Gasteiger partial charge in [0.2, 0.25) is 0 Å². The normalized spacial score (nSPS) is 12.8. The Morgan fingerprint density at radius 3 is 2.12 bits per heavy atom. The Balaban J connectivity index is 3.60. The Morgan fingerprint density at radius 2 is 1.53 bits per heavy atom. The lowest BCUT2D eigenvalue weighted by atomic mass is 10.2. The number of hydrogen-bond donors (Lipinski definition) is 0. The minimum atomic E-state index is -0.330. The van der Waals surface area contributed by atoms with Crippen molar-refractivity contribution in [2.45, 2.75) is 19.8 Å². The van der Waals surface area contributed by atoms with Crippen LogP contribution in [0.15, 0.2) is 60.8 Å². The van der Waals surface area contributed by atoms with Crippen molar-refractivity contribution in [3.05, 3.63) is 60.8 Å². The van der Waals surface area contributed by atoms with Gasteiger partial charge < -0.3 is 4.74 Å². The first-order chi connectivity index (χ1) is 8.31. The van der Waals surface area contributed by atoms with E-state index in [-0.39, 0.29) is 5.97 Å². The zero-order valence-corrected chi connectivity index (χ0v) is 10.5. The number of esters is 1. The van der Waals surface area contributed by atoms with Crippen molar-refractivity contribution < 1.29 is 9.53 Å². The van der Waals surface area contributed by atoms with Gasteiger partial charge >= 0.3 is 5.97 Å². The zero-order valence-electron chi connectivity index (χ0n) is 10.5. The van der Waals surface area contributed by atoms with Crippen LogP contribution in [0.5, 0.6) is 0 Å². The zero-order chi connectivity index (χ0) is 12.8. The average molecular weight is 232 g/mol. The first-order valence-electron chi connectivity index (χ1n) is 5.67. The van der Waals surface area contributed by atoms with E-state index in [0.29, 0.717) is 0 Å². The molecule has 0 N–H and O–H groups in total. The molecule has 0 spiro atoms. The van der Waals surface area contributed by atoms with Gasteiger partial charge in [0, 0.05) is 6.08 Å². The third kappa shape index (κ3) is 12.1. The summed E-state index contributed by atoms with van der Waals surface area (Å²) in [4.78, 5) is 10.7. The van der Waals surface area contributed by atoms with Crippen LogP contribution in [0.1, 0.15) is 19.8 Å². The van der Waals surface area contributed by atoms with E-state index in [1.54, 1.807) is 6.08 Å². The molecule has 0 radical (unpaired) electrons. The fourth-order valence-corrected chi connectivity index (χ4v) is 0.984. The van der Waals surface area contributed by atoms with Gasteiger partial charge in [0.25, 0.3) is 0 Å². The molecule has 0 saturated carbocycles. The highest BCUT2D eigenvalue weighted by atomic mass is 16.5. The molecule has 2 nitrogen and oxygen atoms in total. The van der Waals surface area contributed by atoms with E-state index in [2.05, 4.69) is 10.8 Å². The van der Waals surface area contributed by atoms with Gasteiger partial charge in [-0.05, 0) is 19.8 Å². The van der Waals surface area contributed by atoms with E-state index in [1.807, 2.05) is 49.5 Å². The number of hydrogen-bond acceptors (Lipinski definition) is 2. The number of ether oxygens (including phenoxy) is 1. The minimum absolute atomic E-state index is 0.330. The molecule has 0 heterocycles. The molecule has 17 heavy (non-hydrogen) atoms. The summed E-state index contributed by atoms with van der Waals surface area (Å²) >= 11 is 0. The summed E-state index contributed by atoms with van der Waals surface area (Å²) in [5.41, 5.74) is 0. The summed E-state index contributed by atoms with van der Waals surface area (Å²) in [6.45, 7) is 1.99. The number of rotatable bonds is 7. The summed E-state index contributed by atoms with van der Waals surface area (Å²) in [6.07, 6.45) is 21.0. The largest absolute Gasteiger partial charge is 0.466 e. The van der Waals surface area contributed by atoms with E-state index >= 15 is 0 Å². The lowest BCUT2D eigenvalue weighted by Crippen LogP contribution is -1.92. The summed E-state index contributed by atoms with van der Waals surface area (Å²) in [5.74, 6) is -0.330. The quantitative estimate of drug-likeness (QED) is 0.289. The number of carbonyl (C=O) groups is 1. The van der Waals surface area contributed by atoms with E-state index < -0.39 is 0 Å². The highest BCUT2D eigenvalue weighted by Crippen LogP contribution is 1.94. The monoisotopic (exact) mass is 232 g/mol. The van der Waals surface area contributed by atoms with Crippen molar-refractivity contribution in [1.82, 2.24) is 0 Å². The van der Waals surface area contributed by atoms with Crippen molar-refractivity contribution in [2.75, 3.05) is 7.11 Å². The smallest absolute Gasteiger partial charge is 0.330 e. The standard InChI is InChI=1S/C15H20O2/c1-3-4-5-6-7-8-9-10-11-12-13-14-15(16)17-2/h3-8,11-14H,9-10H2,1-2H3/b4-3+,6-5+,8-7+,12-11+,14-13+. The van der Waals surface area contributed by atoms with Crippen molar-refractivity contribution in [2.24, 2.45) is 0 Å². The topological polar surface area (TPSA) is 26.3 Å². The van der Waals surface area contributed by atoms with Crippen LogP contribution in [-0.4, -0.2) is 13.1 Å². The van der Waals surface area contributed by atoms with E-state index in [0.717, 1.165) is 12.8 Å². The van der Waals surface area contributed by atoms with Crippen molar-refractivity contribution in [1.29, 1.82) is 0 Å². The third-order valence-electron chi connectivity index (χ3n) is 1.84. The van der Waals surface area contributed by atoms with Crippen molar-refractivity contribution in [3.8, 4) is 0 Å². The molecule has 0 amide bonds. The van der Waals surface area contributed by atoms with Crippen molar-refractivity contribution in [3.63, 3.8) is 0 Å². The highest BCUT2D eigenvalue weighted by molar-refractivity contribution is 5.82. The highest BCUT2D eigenvalue weighted by Gasteiger charge is 1.86. The van der Waals surface area contributed by atoms with Crippen molar-refractivity contribution >= 4 is 5.97 Å². The van der Waals surface area contributed by atoms with Crippen LogP contribution >= 0.6 is 0 Å². The molecule has 0 unspecified atom stereocenters. The van der Waals surface area contributed by atoms with Crippen LogP contribution in [0.3, 0.4) is 0 Å². The maximum absolute atomic E-state index is 10.7. The number of allylic oxidation sites excluding steroid dienone is 9. The summed E-state index contributed by atoms with van der Waals surface area (Å²) in [5, 5.41) is 0.